The molecule has 0 fully saturated rings. The van der Waals surface area contributed by atoms with Crippen molar-refractivity contribution in [1.29, 1.82) is 0 Å². The van der Waals surface area contributed by atoms with E-state index in [9.17, 15) is 24.0 Å². The van der Waals surface area contributed by atoms with Crippen LogP contribution in [0.5, 0.6) is 0 Å². The highest BCUT2D eigenvalue weighted by molar-refractivity contribution is 6.72. The van der Waals surface area contributed by atoms with Gasteiger partial charge in [0.25, 0.3) is 5.91 Å². The number of halogens is 2. The summed E-state index contributed by atoms with van der Waals surface area (Å²) in [7, 11) is 1.15. The highest BCUT2D eigenvalue weighted by Crippen LogP contribution is 2.40. The molecule has 2 atom stereocenters. The molecule has 1 aromatic heterocycles. The van der Waals surface area contributed by atoms with Gasteiger partial charge >= 0.3 is 6.09 Å². The van der Waals surface area contributed by atoms with Crippen molar-refractivity contribution in [3.63, 3.8) is 0 Å². The van der Waals surface area contributed by atoms with Gasteiger partial charge < -0.3 is 30.4 Å². The van der Waals surface area contributed by atoms with E-state index < -0.39 is 55.6 Å². The highest BCUT2D eigenvalue weighted by Gasteiger charge is 2.38. The summed E-state index contributed by atoms with van der Waals surface area (Å²) in [5.74, 6) is -2.44. The van der Waals surface area contributed by atoms with Crippen molar-refractivity contribution in [1.82, 2.24) is 24.9 Å². The van der Waals surface area contributed by atoms with Gasteiger partial charge in [0.05, 0.1) is 23.1 Å². The predicted molar refractivity (Wildman–Crippen MR) is 208 cm³/mol. The first-order valence-corrected chi connectivity index (χ1v) is 20.9. The average Bonchev–Trinajstić information content (AvgIpc) is 3.38. The Morgan fingerprint density at radius 2 is 1.75 bits per heavy atom. The fraction of sp³-hybridized carbons (Fsp3) is 0.541. The van der Waals surface area contributed by atoms with Crippen LogP contribution in [-0.2, 0) is 20.9 Å². The number of anilines is 1. The molecule has 292 valence electrons. The zero-order valence-corrected chi connectivity index (χ0v) is 34.2. The Balaban J connectivity index is 1.96. The monoisotopic (exact) mass is 775 g/mol. The highest BCUT2D eigenvalue weighted by atomic mass is 35.5. The lowest BCUT2D eigenvalue weighted by atomic mass is 10.0. The molecule has 3 rings (SSSR count). The van der Waals surface area contributed by atoms with Gasteiger partial charge in [0.2, 0.25) is 11.8 Å². The zero-order chi connectivity index (χ0) is 40.1. The fourth-order valence-corrected chi connectivity index (χ4v) is 6.54. The van der Waals surface area contributed by atoms with Gasteiger partial charge in [0, 0.05) is 22.7 Å². The van der Waals surface area contributed by atoms with Crippen LogP contribution in [0.3, 0.4) is 0 Å². The third-order valence-corrected chi connectivity index (χ3v) is 13.3. The lowest BCUT2D eigenvalue weighted by molar-refractivity contribution is -0.139. The number of primary amides is 1. The van der Waals surface area contributed by atoms with E-state index in [1.54, 1.807) is 45.0 Å². The molecule has 0 aliphatic carbocycles. The van der Waals surface area contributed by atoms with Gasteiger partial charge in [-0.05, 0) is 110 Å². The van der Waals surface area contributed by atoms with E-state index in [0.29, 0.717) is 42.4 Å². The first-order valence-electron chi connectivity index (χ1n) is 17.6. The van der Waals surface area contributed by atoms with Crippen LogP contribution in [0.15, 0.2) is 36.4 Å². The number of nitrogens with two attached hydrogens (primary N) is 1. The van der Waals surface area contributed by atoms with E-state index in [2.05, 4.69) is 15.7 Å². The first-order chi connectivity index (χ1) is 24.4. The molecule has 5 N–H and O–H groups in total. The van der Waals surface area contributed by atoms with Crippen LogP contribution in [0.25, 0.3) is 10.9 Å². The summed E-state index contributed by atoms with van der Waals surface area (Å²) < 4.78 is 21.9. The van der Waals surface area contributed by atoms with Gasteiger partial charge in [-0.25, -0.2) is 9.18 Å². The standard InChI is InChI=1S/C37H55ClFN7O6Si/c1-23(16-18-37(5,6)53(9,10)51)45(21-30(47)42-28(17-19-44(7)8)25-12-11-13-27(38)32(25)39)31(48)22-46-29-15-14-24(41-35(50)52-36(2,3)4)20-26(29)33(43-46)34(40)49/h11-15,20,23,28,51H,16-19,21-22H2,1-10H3,(H2,40,49)(H,41,50)(H,42,47)/t23-,28-/m1/s1. The molecular formula is C37H55ClFN7O6Si. The van der Waals surface area contributed by atoms with Crippen molar-refractivity contribution >= 4 is 60.3 Å². The number of ether oxygens (including phenoxy) is 1. The van der Waals surface area contributed by atoms with Crippen LogP contribution in [0.1, 0.15) is 82.9 Å². The average molecular weight is 776 g/mol. The third-order valence-electron chi connectivity index (χ3n) is 9.48. The maximum atomic E-state index is 15.2. The second-order valence-corrected chi connectivity index (χ2v) is 20.8. The van der Waals surface area contributed by atoms with Gasteiger partial charge in [-0.15, -0.1) is 0 Å². The molecule has 1 heterocycles. The maximum Gasteiger partial charge on any atom is 0.412 e. The first kappa shape index (κ1) is 43.4. The second-order valence-electron chi connectivity index (χ2n) is 15.9. The summed E-state index contributed by atoms with van der Waals surface area (Å²) in [6, 6.07) is 8.14. The molecule has 0 saturated heterocycles. The maximum absolute atomic E-state index is 15.2. The summed E-state index contributed by atoms with van der Waals surface area (Å²) >= 11 is 6.09. The third kappa shape index (κ3) is 12.0. The Labute approximate surface area is 317 Å². The number of benzene rings is 2. The second kappa shape index (κ2) is 17.4. The minimum Gasteiger partial charge on any atom is -0.444 e. The number of carbonyl (C=O) groups excluding carboxylic acids is 4. The van der Waals surface area contributed by atoms with Crippen molar-refractivity contribution < 1.29 is 33.1 Å². The van der Waals surface area contributed by atoms with Crippen LogP contribution in [0.4, 0.5) is 14.9 Å². The van der Waals surface area contributed by atoms with Crippen LogP contribution >= 0.6 is 11.6 Å². The smallest absolute Gasteiger partial charge is 0.412 e. The Kier molecular flexibility index (Phi) is 14.2. The molecule has 0 unspecified atom stereocenters. The minimum atomic E-state index is -2.59. The van der Waals surface area contributed by atoms with E-state index in [1.165, 1.54) is 21.7 Å². The van der Waals surface area contributed by atoms with E-state index in [4.69, 9.17) is 22.1 Å². The lowest BCUT2D eigenvalue weighted by Gasteiger charge is -2.37. The largest absolute Gasteiger partial charge is 0.444 e. The van der Waals surface area contributed by atoms with Gasteiger partial charge in [0.1, 0.15) is 18.0 Å². The molecule has 4 amide bonds. The zero-order valence-electron chi connectivity index (χ0n) is 32.5. The van der Waals surface area contributed by atoms with Crippen LogP contribution in [0.2, 0.25) is 23.2 Å². The molecule has 16 heteroatoms. The van der Waals surface area contributed by atoms with Gasteiger partial charge in [-0.2, -0.15) is 5.10 Å². The molecule has 0 aliphatic rings. The molecule has 0 aliphatic heterocycles. The van der Waals surface area contributed by atoms with Crippen molar-refractivity contribution in [2.24, 2.45) is 5.73 Å². The SMILES string of the molecule is C[C@H](CCC(C)(C)[Si](C)(C)O)N(CC(=O)N[C@H](CCN(C)C)c1cccc(Cl)c1F)C(=O)Cn1nc(C(N)=O)c2cc(NC(=O)OC(C)(C)C)ccc21. The van der Waals surface area contributed by atoms with Crippen molar-refractivity contribution in [2.45, 2.75) is 103 Å². The summed E-state index contributed by atoms with van der Waals surface area (Å²) in [6.45, 7) is 14.6. The Morgan fingerprint density at radius 1 is 1.09 bits per heavy atom. The van der Waals surface area contributed by atoms with Crippen LogP contribution < -0.4 is 16.4 Å². The van der Waals surface area contributed by atoms with Crippen molar-refractivity contribution in [2.75, 3.05) is 32.5 Å². The van der Waals surface area contributed by atoms with Crippen LogP contribution in [-0.4, -0.2) is 95.3 Å². The van der Waals surface area contributed by atoms with Gasteiger partial charge in [-0.1, -0.05) is 37.6 Å². The number of nitrogens with one attached hydrogen (secondary N) is 2. The number of amides is 4. The van der Waals surface area contributed by atoms with E-state index in [0.717, 1.165) is 0 Å². The Bertz CT molecular complexity index is 1800. The summed E-state index contributed by atoms with van der Waals surface area (Å²) in [6.07, 6.45) is 0.741. The number of nitrogens with zero attached hydrogens (tertiary/aromatic N) is 4. The topological polar surface area (TPSA) is 172 Å². The molecular weight excluding hydrogens is 721 g/mol. The van der Waals surface area contributed by atoms with Gasteiger partial charge in [-0.3, -0.25) is 24.4 Å². The molecule has 3 aromatic rings. The number of rotatable bonds is 16. The number of hydrogen-bond acceptors (Lipinski definition) is 8. The molecule has 0 spiro atoms. The molecule has 0 radical (unpaired) electrons. The molecule has 2 aromatic carbocycles. The number of fused-ring (bicyclic) bond motifs is 1. The Morgan fingerprint density at radius 3 is 2.34 bits per heavy atom. The van der Waals surface area contributed by atoms with Crippen molar-refractivity contribution in [3.8, 4) is 0 Å². The van der Waals surface area contributed by atoms with E-state index in [-0.39, 0.29) is 34.4 Å². The molecule has 13 nitrogen and oxygen atoms in total. The normalized spacial score (nSPS) is 13.5. The van der Waals surface area contributed by atoms with Crippen molar-refractivity contribution in [3.05, 3.63) is 58.5 Å². The molecule has 0 bridgehead atoms. The lowest BCUT2D eigenvalue weighted by Crippen LogP contribution is -2.48. The fourth-order valence-electron chi connectivity index (χ4n) is 5.60. The number of carbonyl (C=O) groups is 4. The van der Waals surface area contributed by atoms with Gasteiger partial charge in [0.15, 0.2) is 14.0 Å². The Hall–Kier alpha value is -4.05. The summed E-state index contributed by atoms with van der Waals surface area (Å²) in [5, 5.41) is 9.76. The summed E-state index contributed by atoms with van der Waals surface area (Å²) in [4.78, 5) is 67.2. The quantitative estimate of drug-likeness (QED) is 0.127. The van der Waals surface area contributed by atoms with E-state index in [1.807, 2.05) is 52.9 Å². The number of hydrogen-bond donors (Lipinski definition) is 4. The van der Waals surface area contributed by atoms with E-state index >= 15 is 4.39 Å². The van der Waals surface area contributed by atoms with Crippen LogP contribution in [0, 0.1) is 5.82 Å². The number of aromatic nitrogens is 2. The summed E-state index contributed by atoms with van der Waals surface area (Å²) in [5.41, 5.74) is 5.79. The molecule has 0 saturated carbocycles. The predicted octanol–water partition coefficient (Wildman–Crippen LogP) is 6.06. The minimum absolute atomic E-state index is 0.0653. The molecule has 53 heavy (non-hydrogen) atoms.